The fraction of sp³-hybridized carbons (Fsp3) is 0.583. The number of hydrogen-bond donors (Lipinski definition) is 1. The minimum atomic E-state index is -0.0383. The maximum Gasteiger partial charge on any atom is 0.0756 e. The molecule has 1 aromatic heterocycles. The summed E-state index contributed by atoms with van der Waals surface area (Å²) in [5.41, 5.74) is 6.93. The lowest BCUT2D eigenvalue weighted by Crippen LogP contribution is -2.16. The van der Waals surface area contributed by atoms with E-state index in [2.05, 4.69) is 18.8 Å². The molecule has 0 saturated heterocycles. The molecule has 0 fully saturated rings. The molecule has 0 bridgehead atoms. The first-order valence-corrected chi connectivity index (χ1v) is 5.92. The fourth-order valence-corrected chi connectivity index (χ4v) is 2.03. The molecule has 0 amide bonds. The summed E-state index contributed by atoms with van der Waals surface area (Å²) in [5, 5.41) is 0.677. The van der Waals surface area contributed by atoms with Crippen LogP contribution in [0.25, 0.3) is 0 Å². The lowest BCUT2D eigenvalue weighted by molar-refractivity contribution is 0.411. The summed E-state index contributed by atoms with van der Waals surface area (Å²) in [6.45, 7) is 4.39. The fourth-order valence-electron chi connectivity index (χ4n) is 1.76. The lowest BCUT2D eigenvalue weighted by atomic mass is 9.93. The third kappa shape index (κ3) is 3.47. The van der Waals surface area contributed by atoms with E-state index in [0.717, 1.165) is 25.0 Å². The van der Waals surface area contributed by atoms with Crippen molar-refractivity contribution >= 4 is 11.6 Å². The molecule has 3 heteroatoms. The van der Waals surface area contributed by atoms with Crippen LogP contribution in [0, 0.1) is 5.92 Å². The Morgan fingerprint density at radius 2 is 2.07 bits per heavy atom. The largest absolute Gasteiger partial charge is 0.323 e. The molecule has 0 aliphatic heterocycles. The molecule has 15 heavy (non-hydrogen) atoms. The molecule has 0 spiro atoms. The maximum atomic E-state index is 6.10. The second-order valence-electron chi connectivity index (χ2n) is 3.90. The van der Waals surface area contributed by atoms with Gasteiger partial charge in [-0.2, -0.15) is 0 Å². The normalized spacial score (nSPS) is 13.1. The third-order valence-corrected chi connectivity index (χ3v) is 3.20. The molecule has 1 unspecified atom stereocenters. The Morgan fingerprint density at radius 1 is 1.40 bits per heavy atom. The van der Waals surface area contributed by atoms with Crippen molar-refractivity contribution in [3.8, 4) is 0 Å². The van der Waals surface area contributed by atoms with Gasteiger partial charge in [0.2, 0.25) is 0 Å². The van der Waals surface area contributed by atoms with Gasteiger partial charge in [0.25, 0.3) is 0 Å². The minimum Gasteiger partial charge on any atom is -0.323 e. The summed E-state index contributed by atoms with van der Waals surface area (Å²) in [5.74, 6) is 0.665. The van der Waals surface area contributed by atoms with E-state index in [1.165, 1.54) is 0 Å². The van der Waals surface area contributed by atoms with Gasteiger partial charge in [0, 0.05) is 12.2 Å². The van der Waals surface area contributed by atoms with Crippen molar-refractivity contribution in [1.29, 1.82) is 0 Å². The van der Waals surface area contributed by atoms with Crippen molar-refractivity contribution in [2.75, 3.05) is 0 Å². The number of hydrogen-bond acceptors (Lipinski definition) is 2. The van der Waals surface area contributed by atoms with Crippen molar-refractivity contribution in [3.05, 3.63) is 29.0 Å². The average molecular weight is 227 g/mol. The SMILES string of the molecule is CCC(CC)CC(N)c1ncccc1Cl. The van der Waals surface area contributed by atoms with Crippen molar-refractivity contribution in [1.82, 2.24) is 4.98 Å². The van der Waals surface area contributed by atoms with Gasteiger partial charge in [0.1, 0.15) is 0 Å². The summed E-state index contributed by atoms with van der Waals surface area (Å²) in [7, 11) is 0. The van der Waals surface area contributed by atoms with Crippen LogP contribution >= 0.6 is 11.6 Å². The summed E-state index contributed by atoms with van der Waals surface area (Å²) >= 11 is 6.05. The first kappa shape index (κ1) is 12.5. The lowest BCUT2D eigenvalue weighted by Gasteiger charge is -2.18. The van der Waals surface area contributed by atoms with Crippen molar-refractivity contribution < 1.29 is 0 Å². The van der Waals surface area contributed by atoms with Crippen molar-refractivity contribution in [2.24, 2.45) is 11.7 Å². The van der Waals surface area contributed by atoms with Gasteiger partial charge in [-0.1, -0.05) is 38.3 Å². The van der Waals surface area contributed by atoms with E-state index >= 15 is 0 Å². The van der Waals surface area contributed by atoms with Crippen LogP contribution in [0.15, 0.2) is 18.3 Å². The molecule has 0 radical (unpaired) electrons. The number of halogens is 1. The van der Waals surface area contributed by atoms with Crippen LogP contribution in [0.3, 0.4) is 0 Å². The third-order valence-electron chi connectivity index (χ3n) is 2.88. The van der Waals surface area contributed by atoms with Crippen LogP contribution in [-0.4, -0.2) is 4.98 Å². The number of nitrogens with zero attached hydrogens (tertiary/aromatic N) is 1. The number of nitrogens with two attached hydrogens (primary N) is 1. The summed E-state index contributed by atoms with van der Waals surface area (Å²) < 4.78 is 0. The van der Waals surface area contributed by atoms with Crippen LogP contribution < -0.4 is 5.73 Å². The van der Waals surface area contributed by atoms with Crippen molar-refractivity contribution in [3.63, 3.8) is 0 Å². The Labute approximate surface area is 96.8 Å². The Balaban J connectivity index is 2.68. The standard InChI is InChI=1S/C12H19ClN2/c1-3-9(4-2)8-11(14)12-10(13)6-5-7-15-12/h5-7,9,11H,3-4,8,14H2,1-2H3. The molecule has 1 aromatic rings. The van der Waals surface area contributed by atoms with Crippen LogP contribution in [0.1, 0.15) is 44.8 Å². The monoisotopic (exact) mass is 226 g/mol. The molecule has 1 rings (SSSR count). The Hall–Kier alpha value is -0.600. The molecule has 2 nitrogen and oxygen atoms in total. The van der Waals surface area contributed by atoms with E-state index in [-0.39, 0.29) is 6.04 Å². The quantitative estimate of drug-likeness (QED) is 0.834. The Morgan fingerprint density at radius 3 is 2.60 bits per heavy atom. The molecule has 0 aliphatic carbocycles. The van der Waals surface area contributed by atoms with E-state index in [4.69, 9.17) is 17.3 Å². The molecule has 0 aliphatic rings. The smallest absolute Gasteiger partial charge is 0.0756 e. The zero-order valence-corrected chi connectivity index (χ0v) is 10.2. The number of rotatable bonds is 5. The second kappa shape index (κ2) is 6.09. The topological polar surface area (TPSA) is 38.9 Å². The zero-order chi connectivity index (χ0) is 11.3. The first-order valence-electron chi connectivity index (χ1n) is 5.55. The van der Waals surface area contributed by atoms with Gasteiger partial charge in [-0.05, 0) is 24.5 Å². The van der Waals surface area contributed by atoms with Crippen LogP contribution in [0.2, 0.25) is 5.02 Å². The molecular formula is C12H19ClN2. The zero-order valence-electron chi connectivity index (χ0n) is 9.41. The molecule has 1 heterocycles. The van der Waals surface area contributed by atoms with Crippen LogP contribution in [-0.2, 0) is 0 Å². The minimum absolute atomic E-state index is 0.0383. The molecule has 84 valence electrons. The summed E-state index contributed by atoms with van der Waals surface area (Å²) in [6, 6.07) is 3.63. The predicted octanol–water partition coefficient (Wildman–Crippen LogP) is 3.56. The molecule has 1 atom stereocenters. The highest BCUT2D eigenvalue weighted by Crippen LogP contribution is 2.26. The van der Waals surface area contributed by atoms with E-state index in [1.807, 2.05) is 12.1 Å². The van der Waals surface area contributed by atoms with Gasteiger partial charge in [-0.15, -0.1) is 0 Å². The van der Waals surface area contributed by atoms with Gasteiger partial charge in [-0.25, -0.2) is 0 Å². The van der Waals surface area contributed by atoms with Gasteiger partial charge in [0.15, 0.2) is 0 Å². The molecule has 0 saturated carbocycles. The average Bonchev–Trinajstić information content (AvgIpc) is 2.26. The van der Waals surface area contributed by atoms with E-state index in [1.54, 1.807) is 6.20 Å². The van der Waals surface area contributed by atoms with Crippen molar-refractivity contribution in [2.45, 2.75) is 39.2 Å². The Bertz CT molecular complexity index is 297. The van der Waals surface area contributed by atoms with E-state index in [0.29, 0.717) is 10.9 Å². The van der Waals surface area contributed by atoms with Crippen LogP contribution in [0.4, 0.5) is 0 Å². The Kier molecular flexibility index (Phi) is 5.06. The van der Waals surface area contributed by atoms with Gasteiger partial charge in [0.05, 0.1) is 10.7 Å². The van der Waals surface area contributed by atoms with E-state index in [9.17, 15) is 0 Å². The molecule has 0 aromatic carbocycles. The van der Waals surface area contributed by atoms with Gasteiger partial charge in [-0.3, -0.25) is 4.98 Å². The second-order valence-corrected chi connectivity index (χ2v) is 4.30. The van der Waals surface area contributed by atoms with Gasteiger partial charge >= 0.3 is 0 Å². The van der Waals surface area contributed by atoms with Crippen LogP contribution in [0.5, 0.6) is 0 Å². The highest BCUT2D eigenvalue weighted by atomic mass is 35.5. The predicted molar refractivity (Wildman–Crippen MR) is 64.9 cm³/mol. The highest BCUT2D eigenvalue weighted by Gasteiger charge is 2.15. The molecule has 2 N–H and O–H groups in total. The number of aromatic nitrogens is 1. The summed E-state index contributed by atoms with van der Waals surface area (Å²) in [6.07, 6.45) is 5.03. The summed E-state index contributed by atoms with van der Waals surface area (Å²) in [4.78, 5) is 4.24. The maximum absolute atomic E-state index is 6.10. The highest BCUT2D eigenvalue weighted by molar-refractivity contribution is 6.31. The molecular weight excluding hydrogens is 208 g/mol. The first-order chi connectivity index (χ1) is 7.19. The number of pyridine rings is 1. The van der Waals surface area contributed by atoms with Gasteiger partial charge < -0.3 is 5.73 Å². The van der Waals surface area contributed by atoms with E-state index < -0.39 is 0 Å².